The maximum Gasteiger partial charge on any atom is 0.138 e. The summed E-state index contributed by atoms with van der Waals surface area (Å²) in [5.41, 5.74) is 1.16. The van der Waals surface area contributed by atoms with Crippen LogP contribution in [0.4, 0.5) is 0 Å². The molecule has 1 N–H and O–H groups in total. The Balaban J connectivity index is 2.34. The van der Waals surface area contributed by atoms with E-state index in [-0.39, 0.29) is 0 Å². The SMILES string of the molecule is CCC(C)NCCOc1cc(C)ccc1Cl. The van der Waals surface area contributed by atoms with Crippen molar-refractivity contribution < 1.29 is 4.74 Å². The van der Waals surface area contributed by atoms with Gasteiger partial charge in [-0.1, -0.05) is 24.6 Å². The fraction of sp³-hybridized carbons (Fsp3) is 0.538. The van der Waals surface area contributed by atoms with E-state index in [0.29, 0.717) is 17.7 Å². The average molecular weight is 242 g/mol. The lowest BCUT2D eigenvalue weighted by molar-refractivity contribution is 0.306. The van der Waals surface area contributed by atoms with Gasteiger partial charge in [-0.25, -0.2) is 0 Å². The molecular formula is C13H20ClNO. The molecule has 0 spiro atoms. The number of halogens is 1. The summed E-state index contributed by atoms with van der Waals surface area (Å²) < 4.78 is 5.62. The average Bonchev–Trinajstić information content (AvgIpc) is 2.28. The Kier molecular flexibility index (Phi) is 5.64. The summed E-state index contributed by atoms with van der Waals surface area (Å²) in [5, 5.41) is 4.04. The molecule has 0 fully saturated rings. The van der Waals surface area contributed by atoms with E-state index in [1.54, 1.807) is 0 Å². The molecule has 1 aromatic carbocycles. The van der Waals surface area contributed by atoms with Crippen molar-refractivity contribution in [2.45, 2.75) is 33.2 Å². The van der Waals surface area contributed by atoms with E-state index in [2.05, 4.69) is 19.2 Å². The van der Waals surface area contributed by atoms with Crippen LogP contribution in [0.15, 0.2) is 18.2 Å². The molecule has 0 bridgehead atoms. The molecule has 90 valence electrons. The normalized spacial score (nSPS) is 12.5. The Bertz CT molecular complexity index is 328. The highest BCUT2D eigenvalue weighted by molar-refractivity contribution is 6.32. The maximum absolute atomic E-state index is 6.02. The van der Waals surface area contributed by atoms with Crippen LogP contribution in [0.5, 0.6) is 5.75 Å². The summed E-state index contributed by atoms with van der Waals surface area (Å²) in [7, 11) is 0. The smallest absolute Gasteiger partial charge is 0.138 e. The second kappa shape index (κ2) is 6.77. The summed E-state index contributed by atoms with van der Waals surface area (Å²) in [5.74, 6) is 0.771. The maximum atomic E-state index is 6.02. The van der Waals surface area contributed by atoms with Crippen LogP contribution < -0.4 is 10.1 Å². The van der Waals surface area contributed by atoms with Gasteiger partial charge in [0, 0.05) is 12.6 Å². The second-order valence-corrected chi connectivity index (χ2v) is 4.45. The Labute approximate surface area is 103 Å². The fourth-order valence-corrected chi connectivity index (χ4v) is 1.50. The minimum Gasteiger partial charge on any atom is -0.491 e. The molecule has 0 radical (unpaired) electrons. The van der Waals surface area contributed by atoms with Gasteiger partial charge in [0.05, 0.1) is 5.02 Å². The van der Waals surface area contributed by atoms with E-state index < -0.39 is 0 Å². The number of hydrogen-bond acceptors (Lipinski definition) is 2. The van der Waals surface area contributed by atoms with Crippen molar-refractivity contribution in [3.05, 3.63) is 28.8 Å². The van der Waals surface area contributed by atoms with Crippen molar-refractivity contribution in [3.63, 3.8) is 0 Å². The number of benzene rings is 1. The molecule has 0 saturated heterocycles. The monoisotopic (exact) mass is 241 g/mol. The molecule has 0 aliphatic carbocycles. The van der Waals surface area contributed by atoms with Gasteiger partial charge in [-0.05, 0) is 38.0 Å². The Morgan fingerprint density at radius 1 is 1.44 bits per heavy atom. The van der Waals surface area contributed by atoms with Gasteiger partial charge in [0.1, 0.15) is 12.4 Å². The first-order valence-corrected chi connectivity index (χ1v) is 6.13. The topological polar surface area (TPSA) is 21.3 Å². The summed E-state index contributed by atoms with van der Waals surface area (Å²) in [6, 6.07) is 6.35. The van der Waals surface area contributed by atoms with Crippen LogP contribution in [0.2, 0.25) is 5.02 Å². The van der Waals surface area contributed by atoms with Crippen molar-refractivity contribution in [2.24, 2.45) is 0 Å². The van der Waals surface area contributed by atoms with Crippen molar-refractivity contribution in [2.75, 3.05) is 13.2 Å². The van der Waals surface area contributed by atoms with Crippen LogP contribution >= 0.6 is 11.6 Å². The fourth-order valence-electron chi connectivity index (χ4n) is 1.33. The quantitative estimate of drug-likeness (QED) is 0.771. The minimum absolute atomic E-state index is 0.539. The number of ether oxygens (including phenoxy) is 1. The molecule has 0 heterocycles. The van der Waals surface area contributed by atoms with Crippen molar-refractivity contribution in [3.8, 4) is 5.75 Å². The highest BCUT2D eigenvalue weighted by Gasteiger charge is 2.02. The van der Waals surface area contributed by atoms with Gasteiger partial charge in [-0.15, -0.1) is 0 Å². The molecule has 1 atom stereocenters. The first kappa shape index (κ1) is 13.3. The molecule has 0 aliphatic heterocycles. The largest absolute Gasteiger partial charge is 0.491 e. The molecule has 1 aromatic rings. The Hall–Kier alpha value is -0.730. The van der Waals surface area contributed by atoms with Gasteiger partial charge in [-0.3, -0.25) is 0 Å². The first-order chi connectivity index (χ1) is 7.63. The van der Waals surface area contributed by atoms with Gasteiger partial charge in [-0.2, -0.15) is 0 Å². The van der Waals surface area contributed by atoms with Crippen molar-refractivity contribution in [1.82, 2.24) is 5.32 Å². The van der Waals surface area contributed by atoms with Gasteiger partial charge < -0.3 is 10.1 Å². The molecule has 3 heteroatoms. The third-order valence-corrected chi connectivity index (χ3v) is 2.86. The summed E-state index contributed by atoms with van der Waals surface area (Å²) >= 11 is 6.02. The van der Waals surface area contributed by atoms with E-state index in [4.69, 9.17) is 16.3 Å². The van der Waals surface area contributed by atoms with Crippen molar-refractivity contribution in [1.29, 1.82) is 0 Å². The molecular weight excluding hydrogens is 222 g/mol. The lowest BCUT2D eigenvalue weighted by Crippen LogP contribution is -2.29. The van der Waals surface area contributed by atoms with Crippen LogP contribution in [0.1, 0.15) is 25.8 Å². The van der Waals surface area contributed by atoms with Gasteiger partial charge in [0.25, 0.3) is 0 Å². The standard InChI is InChI=1S/C13H20ClNO/c1-4-11(3)15-7-8-16-13-9-10(2)5-6-12(13)14/h5-6,9,11,15H,4,7-8H2,1-3H3. The summed E-state index contributed by atoms with van der Waals surface area (Å²) in [6.07, 6.45) is 1.13. The lowest BCUT2D eigenvalue weighted by Gasteiger charge is -2.12. The predicted molar refractivity (Wildman–Crippen MR) is 69.4 cm³/mol. The Morgan fingerprint density at radius 2 is 2.19 bits per heavy atom. The third-order valence-electron chi connectivity index (χ3n) is 2.55. The number of rotatable bonds is 6. The van der Waals surface area contributed by atoms with Crippen LogP contribution in [0.25, 0.3) is 0 Å². The van der Waals surface area contributed by atoms with E-state index >= 15 is 0 Å². The van der Waals surface area contributed by atoms with Crippen LogP contribution in [-0.4, -0.2) is 19.2 Å². The number of aryl methyl sites for hydroxylation is 1. The zero-order chi connectivity index (χ0) is 12.0. The molecule has 0 aromatic heterocycles. The molecule has 16 heavy (non-hydrogen) atoms. The molecule has 0 aliphatic rings. The zero-order valence-electron chi connectivity index (χ0n) is 10.2. The van der Waals surface area contributed by atoms with Gasteiger partial charge in [0.2, 0.25) is 0 Å². The predicted octanol–water partition coefficient (Wildman–Crippen LogP) is 3.42. The van der Waals surface area contributed by atoms with E-state index in [1.165, 1.54) is 0 Å². The van der Waals surface area contributed by atoms with Gasteiger partial charge in [0.15, 0.2) is 0 Å². The van der Waals surface area contributed by atoms with E-state index in [1.807, 2.05) is 25.1 Å². The first-order valence-electron chi connectivity index (χ1n) is 5.75. The number of nitrogens with one attached hydrogen (secondary N) is 1. The van der Waals surface area contributed by atoms with Crippen LogP contribution in [-0.2, 0) is 0 Å². The highest BCUT2D eigenvalue weighted by Crippen LogP contribution is 2.24. The summed E-state index contributed by atoms with van der Waals surface area (Å²) in [6.45, 7) is 7.85. The second-order valence-electron chi connectivity index (χ2n) is 4.05. The minimum atomic E-state index is 0.539. The van der Waals surface area contributed by atoms with Crippen LogP contribution in [0, 0.1) is 6.92 Å². The van der Waals surface area contributed by atoms with E-state index in [9.17, 15) is 0 Å². The van der Waals surface area contributed by atoms with E-state index in [0.717, 1.165) is 24.3 Å². The summed E-state index contributed by atoms with van der Waals surface area (Å²) in [4.78, 5) is 0. The van der Waals surface area contributed by atoms with Gasteiger partial charge >= 0.3 is 0 Å². The molecule has 2 nitrogen and oxygen atoms in total. The lowest BCUT2D eigenvalue weighted by atomic mass is 10.2. The van der Waals surface area contributed by atoms with Crippen molar-refractivity contribution >= 4 is 11.6 Å². The highest BCUT2D eigenvalue weighted by atomic mass is 35.5. The Morgan fingerprint density at radius 3 is 2.88 bits per heavy atom. The molecule has 0 saturated carbocycles. The molecule has 1 unspecified atom stereocenters. The molecule has 1 rings (SSSR count). The zero-order valence-corrected chi connectivity index (χ0v) is 11.0. The van der Waals surface area contributed by atoms with Crippen LogP contribution in [0.3, 0.4) is 0 Å². The number of hydrogen-bond donors (Lipinski definition) is 1. The third kappa shape index (κ3) is 4.42. The molecule has 0 amide bonds.